The predicted octanol–water partition coefficient (Wildman–Crippen LogP) is 2.96. The number of aromatic nitrogens is 1. The minimum atomic E-state index is -0.0352. The molecule has 4 heteroatoms. The van der Waals surface area contributed by atoms with E-state index in [1.54, 1.807) is 12.3 Å². The fraction of sp³-hybridized carbons (Fsp3) is 0.462. The third-order valence-corrected chi connectivity index (χ3v) is 2.74. The second-order valence-electron chi connectivity index (χ2n) is 4.42. The van der Waals surface area contributed by atoms with Gasteiger partial charge in [-0.1, -0.05) is 6.92 Å². The van der Waals surface area contributed by atoms with Gasteiger partial charge >= 0.3 is 0 Å². The number of hydrogen-bond donors (Lipinski definition) is 1. The van der Waals surface area contributed by atoms with Crippen LogP contribution in [0.2, 0.25) is 0 Å². The molecule has 0 unspecified atom stereocenters. The van der Waals surface area contributed by atoms with Crippen LogP contribution in [0, 0.1) is 0 Å². The molecule has 0 aliphatic heterocycles. The molecule has 0 bridgehead atoms. The molecular weight excluding hydrogens is 216 g/mol. The maximum atomic E-state index is 12.0. The number of amides is 1. The monoisotopic (exact) mass is 234 g/mol. The molecule has 2 aromatic rings. The molecule has 0 saturated carbocycles. The van der Waals surface area contributed by atoms with Crippen LogP contribution < -0.4 is 5.32 Å². The molecule has 2 rings (SSSR count). The number of hydrogen-bond acceptors (Lipinski definition) is 2. The Morgan fingerprint density at radius 3 is 2.94 bits per heavy atom. The van der Waals surface area contributed by atoms with E-state index >= 15 is 0 Å². The summed E-state index contributed by atoms with van der Waals surface area (Å²) in [6.45, 7) is 6.85. The Morgan fingerprint density at radius 1 is 1.53 bits per heavy atom. The second-order valence-corrected chi connectivity index (χ2v) is 4.42. The molecule has 0 atom stereocenters. The Bertz CT molecular complexity index is 522. The molecule has 0 aromatic carbocycles. The van der Waals surface area contributed by atoms with E-state index in [-0.39, 0.29) is 11.9 Å². The Balaban J connectivity index is 2.41. The molecule has 1 N–H and O–H groups in total. The summed E-state index contributed by atoms with van der Waals surface area (Å²) in [4.78, 5) is 12.0. The number of nitrogens with zero attached hydrogens (tertiary/aromatic N) is 1. The van der Waals surface area contributed by atoms with E-state index in [1.807, 2.05) is 17.6 Å². The Morgan fingerprint density at radius 2 is 2.29 bits per heavy atom. The molecule has 1 amide bonds. The second kappa shape index (κ2) is 4.65. The lowest BCUT2D eigenvalue weighted by Gasteiger charge is -2.13. The summed E-state index contributed by atoms with van der Waals surface area (Å²) < 4.78 is 7.35. The Kier molecular flexibility index (Phi) is 3.22. The van der Waals surface area contributed by atoms with E-state index in [4.69, 9.17) is 4.42 Å². The summed E-state index contributed by atoms with van der Waals surface area (Å²) in [6, 6.07) is 3.93. The third-order valence-electron chi connectivity index (χ3n) is 2.74. The standard InChI is InChI=1S/C13H18N2O2/c1-4-6-14-13(16)11-8-12-10(5-7-17-12)15(11)9(2)3/h5,7-9H,4,6H2,1-3H3,(H,14,16). The largest absolute Gasteiger partial charge is 0.463 e. The summed E-state index contributed by atoms with van der Waals surface area (Å²) >= 11 is 0. The van der Waals surface area contributed by atoms with Crippen molar-refractivity contribution in [1.29, 1.82) is 0 Å². The zero-order chi connectivity index (χ0) is 12.4. The van der Waals surface area contributed by atoms with E-state index in [0.29, 0.717) is 12.2 Å². The highest BCUT2D eigenvalue weighted by Gasteiger charge is 2.18. The van der Waals surface area contributed by atoms with E-state index in [0.717, 1.165) is 17.5 Å². The molecule has 4 nitrogen and oxygen atoms in total. The van der Waals surface area contributed by atoms with Crippen LogP contribution in [0.5, 0.6) is 0 Å². The van der Waals surface area contributed by atoms with Crippen LogP contribution in [-0.2, 0) is 0 Å². The van der Waals surface area contributed by atoms with Crippen molar-refractivity contribution >= 4 is 17.0 Å². The minimum Gasteiger partial charge on any atom is -0.463 e. The van der Waals surface area contributed by atoms with Crippen LogP contribution in [0.1, 0.15) is 43.7 Å². The summed E-state index contributed by atoms with van der Waals surface area (Å²) in [5, 5.41) is 2.89. The molecule has 2 aromatic heterocycles. The average molecular weight is 234 g/mol. The van der Waals surface area contributed by atoms with Crippen molar-refractivity contribution in [3.63, 3.8) is 0 Å². The molecule has 0 fully saturated rings. The minimum absolute atomic E-state index is 0.0352. The number of carbonyl (C=O) groups is 1. The first kappa shape index (κ1) is 11.8. The van der Waals surface area contributed by atoms with Gasteiger partial charge in [0.15, 0.2) is 5.58 Å². The zero-order valence-corrected chi connectivity index (χ0v) is 10.5. The van der Waals surface area contributed by atoms with Gasteiger partial charge in [-0.25, -0.2) is 0 Å². The summed E-state index contributed by atoms with van der Waals surface area (Å²) in [6.07, 6.45) is 2.58. The molecule has 0 radical (unpaired) electrons. The number of rotatable bonds is 4. The Labute approximate surface area is 101 Å². The lowest BCUT2D eigenvalue weighted by molar-refractivity contribution is 0.0943. The molecule has 0 spiro atoms. The molecule has 0 aliphatic carbocycles. The first-order valence-corrected chi connectivity index (χ1v) is 6.01. The van der Waals surface area contributed by atoms with Crippen molar-refractivity contribution in [2.75, 3.05) is 6.54 Å². The van der Waals surface area contributed by atoms with Gasteiger partial charge in [-0.2, -0.15) is 0 Å². The quantitative estimate of drug-likeness (QED) is 0.884. The zero-order valence-electron chi connectivity index (χ0n) is 10.5. The summed E-state index contributed by atoms with van der Waals surface area (Å²) in [7, 11) is 0. The van der Waals surface area contributed by atoms with Gasteiger partial charge < -0.3 is 14.3 Å². The SMILES string of the molecule is CCCNC(=O)c1cc2occc2n1C(C)C. The lowest BCUT2D eigenvalue weighted by atomic mass is 10.3. The van der Waals surface area contributed by atoms with Gasteiger partial charge in [-0.15, -0.1) is 0 Å². The van der Waals surface area contributed by atoms with Crippen molar-refractivity contribution in [1.82, 2.24) is 9.88 Å². The molecule has 17 heavy (non-hydrogen) atoms. The first-order valence-electron chi connectivity index (χ1n) is 6.01. The van der Waals surface area contributed by atoms with Crippen LogP contribution >= 0.6 is 0 Å². The molecule has 0 aliphatic rings. The van der Waals surface area contributed by atoms with Crippen LogP contribution in [0.3, 0.4) is 0 Å². The predicted molar refractivity (Wildman–Crippen MR) is 67.2 cm³/mol. The van der Waals surface area contributed by atoms with Gasteiger partial charge in [0.1, 0.15) is 5.69 Å². The van der Waals surface area contributed by atoms with E-state index < -0.39 is 0 Å². The number of fused-ring (bicyclic) bond motifs is 1. The van der Waals surface area contributed by atoms with Gasteiger partial charge in [0, 0.05) is 24.7 Å². The van der Waals surface area contributed by atoms with Gasteiger partial charge in [-0.05, 0) is 20.3 Å². The van der Waals surface area contributed by atoms with Gasteiger partial charge in [-0.3, -0.25) is 4.79 Å². The van der Waals surface area contributed by atoms with E-state index in [1.165, 1.54) is 0 Å². The van der Waals surface area contributed by atoms with Gasteiger partial charge in [0.25, 0.3) is 5.91 Å². The van der Waals surface area contributed by atoms with E-state index in [9.17, 15) is 4.79 Å². The molecular formula is C13H18N2O2. The van der Waals surface area contributed by atoms with Crippen molar-refractivity contribution in [3.05, 3.63) is 24.1 Å². The van der Waals surface area contributed by atoms with E-state index in [2.05, 4.69) is 19.2 Å². The first-order chi connectivity index (χ1) is 8.15. The number of carbonyl (C=O) groups excluding carboxylic acids is 1. The topological polar surface area (TPSA) is 47.2 Å². The van der Waals surface area contributed by atoms with Crippen LogP contribution in [-0.4, -0.2) is 17.0 Å². The number of furan rings is 1. The van der Waals surface area contributed by atoms with Crippen molar-refractivity contribution < 1.29 is 9.21 Å². The lowest BCUT2D eigenvalue weighted by Crippen LogP contribution is -2.26. The highest BCUT2D eigenvalue weighted by molar-refractivity contribution is 5.97. The number of nitrogens with one attached hydrogen (secondary N) is 1. The van der Waals surface area contributed by atoms with Crippen LogP contribution in [0.4, 0.5) is 0 Å². The maximum Gasteiger partial charge on any atom is 0.268 e. The highest BCUT2D eigenvalue weighted by atomic mass is 16.3. The smallest absolute Gasteiger partial charge is 0.268 e. The normalized spacial score (nSPS) is 11.3. The van der Waals surface area contributed by atoms with Crippen molar-refractivity contribution in [3.8, 4) is 0 Å². The molecule has 0 saturated heterocycles. The third kappa shape index (κ3) is 2.07. The fourth-order valence-corrected chi connectivity index (χ4v) is 2.01. The summed E-state index contributed by atoms with van der Waals surface area (Å²) in [5.41, 5.74) is 2.41. The molecule has 92 valence electrons. The van der Waals surface area contributed by atoms with Crippen molar-refractivity contribution in [2.24, 2.45) is 0 Å². The Hall–Kier alpha value is -1.71. The highest BCUT2D eigenvalue weighted by Crippen LogP contribution is 2.24. The summed E-state index contributed by atoms with van der Waals surface area (Å²) in [5.74, 6) is -0.0352. The average Bonchev–Trinajstić information content (AvgIpc) is 2.83. The van der Waals surface area contributed by atoms with Crippen LogP contribution in [0.15, 0.2) is 22.8 Å². The maximum absolute atomic E-state index is 12.0. The van der Waals surface area contributed by atoms with Crippen LogP contribution in [0.25, 0.3) is 11.1 Å². The van der Waals surface area contributed by atoms with Gasteiger partial charge in [0.2, 0.25) is 0 Å². The molecule has 2 heterocycles. The van der Waals surface area contributed by atoms with Gasteiger partial charge in [0.05, 0.1) is 11.8 Å². The fourth-order valence-electron chi connectivity index (χ4n) is 2.01. The van der Waals surface area contributed by atoms with Crippen molar-refractivity contribution in [2.45, 2.75) is 33.2 Å².